The van der Waals surface area contributed by atoms with Crippen molar-refractivity contribution in [1.82, 2.24) is 4.90 Å². The Hall–Kier alpha value is 0.499. The average Bonchev–Trinajstić information content (AvgIpc) is 2.01. The summed E-state index contributed by atoms with van der Waals surface area (Å²) in [6.45, 7) is 9.38. The Morgan fingerprint density at radius 3 is 2.07 bits per heavy atom. The molecule has 0 spiro atoms. The zero-order valence-corrected chi connectivity index (χ0v) is 13.5. The molecule has 0 aromatic carbocycles. The van der Waals surface area contributed by atoms with Crippen molar-refractivity contribution < 1.29 is 0 Å². The molecule has 1 aliphatic heterocycles. The van der Waals surface area contributed by atoms with Crippen LogP contribution in [0.15, 0.2) is 9.67 Å². The van der Waals surface area contributed by atoms with E-state index in [-0.39, 0.29) is 0 Å². The van der Waals surface area contributed by atoms with Crippen molar-refractivity contribution in [3.8, 4) is 0 Å². The first-order valence-corrected chi connectivity index (χ1v) is 15.6. The third kappa shape index (κ3) is 3.26. The van der Waals surface area contributed by atoms with Crippen molar-refractivity contribution in [2.75, 3.05) is 13.1 Å². The molecule has 82 valence electrons. The number of nitrogens with zero attached hydrogens (tertiary/aromatic N) is 1. The van der Waals surface area contributed by atoms with E-state index in [4.69, 9.17) is 0 Å². The van der Waals surface area contributed by atoms with E-state index in [0.717, 1.165) is 0 Å². The van der Waals surface area contributed by atoms with E-state index in [9.17, 15) is 0 Å². The number of hydrogen-bond donors (Lipinski definition) is 0. The first-order chi connectivity index (χ1) is 6.21. The van der Waals surface area contributed by atoms with Crippen LogP contribution in [0.4, 0.5) is 0 Å². The maximum atomic E-state index is 2.58. The predicted octanol–water partition coefficient (Wildman–Crippen LogP) is 3.29. The summed E-state index contributed by atoms with van der Waals surface area (Å²) in [5.41, 5.74) is 0.343. The normalized spacial score (nSPS) is 20.9. The van der Waals surface area contributed by atoms with Gasteiger partial charge in [0.25, 0.3) is 0 Å². The maximum absolute atomic E-state index is 2.58. The van der Waals surface area contributed by atoms with E-state index in [1.54, 1.807) is 0 Å². The summed E-state index contributed by atoms with van der Waals surface area (Å²) in [7, 11) is 0. The fourth-order valence-corrected chi connectivity index (χ4v) is 6.43. The van der Waals surface area contributed by atoms with Crippen LogP contribution < -0.4 is 0 Å². The topological polar surface area (TPSA) is 3.24 Å². The molecule has 0 amide bonds. The molecule has 1 nitrogen and oxygen atoms in total. The standard InChI is InChI=1S/C9H16N.3CH3.Sn/c1-9(2,3)10-7-5-4-6-8-10;;;;/h5H,6-8H2,1-3H3;3*1H3;. The Labute approximate surface area is 93.4 Å². The summed E-state index contributed by atoms with van der Waals surface area (Å²) in [5.74, 6) is 0. The Kier molecular flexibility index (Phi) is 3.74. The molecule has 2 heteroatoms. The predicted molar refractivity (Wildman–Crippen MR) is 67.4 cm³/mol. The van der Waals surface area contributed by atoms with Crippen molar-refractivity contribution in [2.45, 2.75) is 47.5 Å². The quantitative estimate of drug-likeness (QED) is 0.672. The van der Waals surface area contributed by atoms with Crippen molar-refractivity contribution in [3.63, 3.8) is 0 Å². The molecule has 0 fully saturated rings. The molecule has 1 aliphatic rings. The van der Waals surface area contributed by atoms with Gasteiger partial charge in [-0.1, -0.05) is 0 Å². The third-order valence-corrected chi connectivity index (χ3v) is 9.92. The summed E-state index contributed by atoms with van der Waals surface area (Å²) in [5, 5.41) is 0. The first kappa shape index (κ1) is 12.6. The molecule has 0 N–H and O–H groups in total. The van der Waals surface area contributed by atoms with Crippen LogP contribution in [0.5, 0.6) is 0 Å². The second-order valence-electron chi connectivity index (χ2n) is 6.35. The first-order valence-electron chi connectivity index (χ1n) is 5.66. The molecule has 1 heterocycles. The van der Waals surface area contributed by atoms with Gasteiger partial charge in [0.15, 0.2) is 0 Å². The Bertz CT molecular complexity index is 230. The van der Waals surface area contributed by atoms with Crippen molar-refractivity contribution in [1.29, 1.82) is 0 Å². The third-order valence-electron chi connectivity index (χ3n) is 3.12. The minimum absolute atomic E-state index is 0.343. The molecule has 0 aromatic rings. The van der Waals surface area contributed by atoms with Gasteiger partial charge in [-0.15, -0.1) is 0 Å². The molecule has 14 heavy (non-hydrogen) atoms. The summed E-state index contributed by atoms with van der Waals surface area (Å²) < 4.78 is 1.83. The molecule has 0 atom stereocenters. The van der Waals surface area contributed by atoms with Gasteiger partial charge in [-0.25, -0.2) is 0 Å². The van der Waals surface area contributed by atoms with Crippen LogP contribution in [0, 0.1) is 0 Å². The second-order valence-corrected chi connectivity index (χ2v) is 21.0. The molecule has 0 saturated heterocycles. The fraction of sp³-hybridized carbons (Fsp3) is 0.833. The number of rotatable bonds is 1. The fourth-order valence-electron chi connectivity index (χ4n) is 1.96. The summed E-state index contributed by atoms with van der Waals surface area (Å²) >= 11 is -1.71. The van der Waals surface area contributed by atoms with Gasteiger partial charge in [0.05, 0.1) is 0 Å². The summed E-state index contributed by atoms with van der Waals surface area (Å²) in [6, 6.07) is 0. The average molecular weight is 302 g/mol. The molecule has 0 aliphatic carbocycles. The van der Waals surface area contributed by atoms with E-state index < -0.39 is 18.4 Å². The van der Waals surface area contributed by atoms with E-state index in [0.29, 0.717) is 5.54 Å². The van der Waals surface area contributed by atoms with Crippen LogP contribution >= 0.6 is 0 Å². The summed E-state index contributed by atoms with van der Waals surface area (Å²) in [6.07, 6.45) is 3.85. The van der Waals surface area contributed by atoms with Gasteiger partial charge in [0, 0.05) is 0 Å². The zero-order chi connectivity index (χ0) is 11.0. The van der Waals surface area contributed by atoms with E-state index in [1.165, 1.54) is 19.5 Å². The zero-order valence-electron chi connectivity index (χ0n) is 10.6. The van der Waals surface area contributed by atoms with Gasteiger partial charge in [0.1, 0.15) is 0 Å². The van der Waals surface area contributed by atoms with Gasteiger partial charge in [-0.3, -0.25) is 0 Å². The molecule has 1 rings (SSSR count). The van der Waals surface area contributed by atoms with Gasteiger partial charge in [-0.2, -0.15) is 0 Å². The van der Waals surface area contributed by atoms with Gasteiger partial charge in [-0.05, 0) is 0 Å². The Balaban J connectivity index is 2.65. The summed E-state index contributed by atoms with van der Waals surface area (Å²) in [4.78, 5) is 10.1. The Morgan fingerprint density at radius 1 is 1.21 bits per heavy atom. The molecule has 0 bridgehead atoms. The van der Waals surface area contributed by atoms with Crippen molar-refractivity contribution >= 4 is 18.4 Å². The van der Waals surface area contributed by atoms with Crippen LogP contribution in [0.2, 0.25) is 14.8 Å². The van der Waals surface area contributed by atoms with E-state index in [2.05, 4.69) is 46.6 Å². The second kappa shape index (κ2) is 4.17. The van der Waals surface area contributed by atoms with Crippen molar-refractivity contribution in [2.24, 2.45) is 0 Å². The van der Waals surface area contributed by atoms with E-state index in [1.807, 2.05) is 3.59 Å². The van der Waals surface area contributed by atoms with Crippen molar-refractivity contribution in [3.05, 3.63) is 9.67 Å². The van der Waals surface area contributed by atoms with Gasteiger partial charge < -0.3 is 0 Å². The molecule has 0 aromatic heterocycles. The number of hydrogen-bond acceptors (Lipinski definition) is 1. The Morgan fingerprint density at radius 2 is 1.79 bits per heavy atom. The van der Waals surface area contributed by atoms with Crippen LogP contribution in [-0.2, 0) is 0 Å². The van der Waals surface area contributed by atoms with Gasteiger partial charge >= 0.3 is 93.6 Å². The SMILES string of the molecule is CC(C)(C)N1CC=[C]([Sn]([CH3])([CH3])[CH3])CC1. The van der Waals surface area contributed by atoms with Gasteiger partial charge in [0.2, 0.25) is 0 Å². The van der Waals surface area contributed by atoms with Crippen LogP contribution in [0.25, 0.3) is 0 Å². The van der Waals surface area contributed by atoms with E-state index >= 15 is 0 Å². The monoisotopic (exact) mass is 303 g/mol. The van der Waals surface area contributed by atoms with Crippen LogP contribution in [-0.4, -0.2) is 41.9 Å². The minimum atomic E-state index is -1.71. The molecule has 0 radical (unpaired) electrons. The van der Waals surface area contributed by atoms with Crippen LogP contribution in [0.3, 0.4) is 0 Å². The van der Waals surface area contributed by atoms with Crippen LogP contribution in [0.1, 0.15) is 27.2 Å². The molecule has 0 saturated carbocycles. The molecular weight excluding hydrogens is 277 g/mol. The molecular formula is C12H25NSn. The molecule has 0 unspecified atom stereocenters.